The molecular formula is C8H17O2. The van der Waals surface area contributed by atoms with E-state index in [1.54, 1.807) is 14.2 Å². The summed E-state index contributed by atoms with van der Waals surface area (Å²) in [6.07, 6.45) is 0.234. The molecule has 2 nitrogen and oxygen atoms in total. The Morgan fingerprint density at radius 1 is 1.10 bits per heavy atom. The molecule has 0 N–H and O–H groups in total. The molecule has 10 heavy (non-hydrogen) atoms. The fraction of sp³-hybridized carbons (Fsp3) is 0.875. The van der Waals surface area contributed by atoms with Crippen molar-refractivity contribution in [2.45, 2.75) is 26.1 Å². The van der Waals surface area contributed by atoms with Crippen LogP contribution in [-0.4, -0.2) is 26.4 Å². The zero-order chi connectivity index (χ0) is 8.15. The van der Waals surface area contributed by atoms with Crippen molar-refractivity contribution in [3.8, 4) is 0 Å². The summed E-state index contributed by atoms with van der Waals surface area (Å²) in [5.74, 6) is 0.343. The van der Waals surface area contributed by atoms with Gasteiger partial charge in [-0.25, -0.2) is 0 Å². The molecule has 3 unspecified atom stereocenters. The van der Waals surface area contributed by atoms with E-state index < -0.39 is 0 Å². The molecule has 2 heteroatoms. The van der Waals surface area contributed by atoms with Crippen molar-refractivity contribution in [1.82, 2.24) is 0 Å². The summed E-state index contributed by atoms with van der Waals surface area (Å²) >= 11 is 0. The van der Waals surface area contributed by atoms with Crippen LogP contribution in [0.25, 0.3) is 0 Å². The molecule has 61 valence electrons. The molecule has 0 rings (SSSR count). The average molecular weight is 145 g/mol. The molecule has 1 radical (unpaired) electrons. The van der Waals surface area contributed by atoms with E-state index in [-0.39, 0.29) is 12.2 Å². The third-order valence-electron chi connectivity index (χ3n) is 2.00. The third kappa shape index (κ3) is 2.67. The van der Waals surface area contributed by atoms with Crippen LogP contribution in [0.5, 0.6) is 0 Å². The summed E-state index contributed by atoms with van der Waals surface area (Å²) in [7, 11) is 3.36. The molecule has 0 aliphatic rings. The highest BCUT2D eigenvalue weighted by atomic mass is 16.5. The van der Waals surface area contributed by atoms with E-state index in [4.69, 9.17) is 9.47 Å². The van der Waals surface area contributed by atoms with E-state index in [1.807, 2.05) is 6.92 Å². The summed E-state index contributed by atoms with van der Waals surface area (Å²) in [6.45, 7) is 7.90. The van der Waals surface area contributed by atoms with Crippen LogP contribution >= 0.6 is 0 Å². The molecule has 0 saturated carbocycles. The molecule has 3 atom stereocenters. The van der Waals surface area contributed by atoms with E-state index in [2.05, 4.69) is 13.8 Å². The normalized spacial score (nSPS) is 20.1. The average Bonchev–Trinajstić information content (AvgIpc) is 2.00. The largest absolute Gasteiger partial charge is 0.381 e. The van der Waals surface area contributed by atoms with Gasteiger partial charge in [0, 0.05) is 20.1 Å². The van der Waals surface area contributed by atoms with Gasteiger partial charge in [0.1, 0.15) is 0 Å². The Kier molecular flexibility index (Phi) is 4.65. The summed E-state index contributed by atoms with van der Waals surface area (Å²) < 4.78 is 10.2. The fourth-order valence-corrected chi connectivity index (χ4v) is 0.732. The fourth-order valence-electron chi connectivity index (χ4n) is 0.732. The van der Waals surface area contributed by atoms with E-state index in [1.165, 1.54) is 0 Å². The van der Waals surface area contributed by atoms with Crippen LogP contribution in [0, 0.1) is 12.8 Å². The Hall–Kier alpha value is -0.0800. The number of hydrogen-bond acceptors (Lipinski definition) is 2. The maximum Gasteiger partial charge on any atom is 0.0622 e. The molecule has 0 amide bonds. The summed E-state index contributed by atoms with van der Waals surface area (Å²) in [6, 6.07) is 0. The summed E-state index contributed by atoms with van der Waals surface area (Å²) in [5, 5.41) is 0. The molecule has 0 bridgehead atoms. The Bertz CT molecular complexity index is 73.3. The molecular weight excluding hydrogens is 128 g/mol. The molecule has 0 aromatic rings. The molecule has 0 aromatic carbocycles. The van der Waals surface area contributed by atoms with Crippen LogP contribution in [0.1, 0.15) is 13.8 Å². The lowest BCUT2D eigenvalue weighted by Gasteiger charge is -2.23. The number of ether oxygens (including phenoxy) is 2. The first-order valence-corrected chi connectivity index (χ1v) is 3.52. The van der Waals surface area contributed by atoms with Gasteiger partial charge in [0.2, 0.25) is 0 Å². The van der Waals surface area contributed by atoms with Crippen molar-refractivity contribution in [2.24, 2.45) is 5.92 Å². The third-order valence-corrected chi connectivity index (χ3v) is 2.00. The lowest BCUT2D eigenvalue weighted by molar-refractivity contribution is 0.00255. The molecule has 0 aliphatic heterocycles. The van der Waals surface area contributed by atoms with Crippen molar-refractivity contribution in [1.29, 1.82) is 0 Å². The summed E-state index contributed by atoms with van der Waals surface area (Å²) in [5.41, 5.74) is 0. The number of rotatable bonds is 4. The highest BCUT2D eigenvalue weighted by molar-refractivity contribution is 4.72. The van der Waals surface area contributed by atoms with Crippen molar-refractivity contribution < 1.29 is 9.47 Å². The number of hydrogen-bond donors (Lipinski definition) is 0. The second kappa shape index (κ2) is 4.69. The van der Waals surface area contributed by atoms with Gasteiger partial charge in [0.05, 0.1) is 12.2 Å². The van der Waals surface area contributed by atoms with Gasteiger partial charge in [-0.2, -0.15) is 0 Å². The topological polar surface area (TPSA) is 18.5 Å². The number of methoxy groups -OCH3 is 2. The maximum absolute atomic E-state index is 5.11. The van der Waals surface area contributed by atoms with Gasteiger partial charge in [0.15, 0.2) is 0 Å². The van der Waals surface area contributed by atoms with Crippen LogP contribution < -0.4 is 0 Å². The Balaban J connectivity index is 3.69. The first-order chi connectivity index (χ1) is 4.63. The smallest absolute Gasteiger partial charge is 0.0622 e. The van der Waals surface area contributed by atoms with Crippen LogP contribution in [0.15, 0.2) is 0 Å². The zero-order valence-corrected chi connectivity index (χ0v) is 7.26. The van der Waals surface area contributed by atoms with E-state index in [0.717, 1.165) is 0 Å². The Morgan fingerprint density at radius 3 is 1.90 bits per heavy atom. The van der Waals surface area contributed by atoms with Crippen LogP contribution in [0.3, 0.4) is 0 Å². The molecule has 0 heterocycles. The first kappa shape index (κ1) is 9.92. The van der Waals surface area contributed by atoms with Crippen molar-refractivity contribution in [3.05, 3.63) is 6.92 Å². The molecule has 0 spiro atoms. The minimum atomic E-state index is 0.0231. The first-order valence-electron chi connectivity index (χ1n) is 3.52. The second-order valence-corrected chi connectivity index (χ2v) is 2.57. The Labute approximate surface area is 63.5 Å². The minimum absolute atomic E-state index is 0.0231. The van der Waals surface area contributed by atoms with Gasteiger partial charge in [-0.3, -0.25) is 0 Å². The highest BCUT2D eigenvalue weighted by Crippen LogP contribution is 2.12. The maximum atomic E-state index is 5.11. The molecule has 0 aliphatic carbocycles. The van der Waals surface area contributed by atoms with Gasteiger partial charge in [0.25, 0.3) is 0 Å². The van der Waals surface area contributed by atoms with Gasteiger partial charge in [-0.15, -0.1) is 0 Å². The van der Waals surface area contributed by atoms with Crippen LogP contribution in [0.2, 0.25) is 0 Å². The van der Waals surface area contributed by atoms with Crippen molar-refractivity contribution in [3.63, 3.8) is 0 Å². The molecule has 0 fully saturated rings. The predicted molar refractivity (Wildman–Crippen MR) is 41.8 cm³/mol. The quantitative estimate of drug-likeness (QED) is 0.597. The van der Waals surface area contributed by atoms with Crippen LogP contribution in [-0.2, 0) is 9.47 Å². The zero-order valence-electron chi connectivity index (χ0n) is 7.26. The van der Waals surface area contributed by atoms with Crippen molar-refractivity contribution in [2.75, 3.05) is 14.2 Å². The lowest BCUT2D eigenvalue weighted by atomic mass is 10.0. The standard InChI is InChI=1S/C8H17O2/c1-6(7(2)9-4)8(3)10-5/h6-8H,2H2,1,3-5H3. The molecule has 0 aromatic heterocycles. The van der Waals surface area contributed by atoms with Crippen LogP contribution in [0.4, 0.5) is 0 Å². The highest BCUT2D eigenvalue weighted by Gasteiger charge is 2.17. The predicted octanol–water partition coefficient (Wildman–Crippen LogP) is 1.51. The van der Waals surface area contributed by atoms with E-state index in [0.29, 0.717) is 5.92 Å². The summed E-state index contributed by atoms with van der Waals surface area (Å²) in [4.78, 5) is 0. The molecule has 0 saturated heterocycles. The van der Waals surface area contributed by atoms with Gasteiger partial charge in [-0.05, 0) is 13.8 Å². The van der Waals surface area contributed by atoms with Gasteiger partial charge < -0.3 is 9.47 Å². The minimum Gasteiger partial charge on any atom is -0.381 e. The van der Waals surface area contributed by atoms with Gasteiger partial charge >= 0.3 is 0 Å². The van der Waals surface area contributed by atoms with Gasteiger partial charge in [-0.1, -0.05) is 6.92 Å². The monoisotopic (exact) mass is 145 g/mol. The van der Waals surface area contributed by atoms with Crippen molar-refractivity contribution >= 4 is 0 Å². The lowest BCUT2D eigenvalue weighted by Crippen LogP contribution is -2.28. The van der Waals surface area contributed by atoms with E-state index in [9.17, 15) is 0 Å². The second-order valence-electron chi connectivity index (χ2n) is 2.57. The SMILES string of the molecule is [CH2]C(OC)C(C)C(C)OC. The Morgan fingerprint density at radius 2 is 1.60 bits per heavy atom. The van der Waals surface area contributed by atoms with E-state index >= 15 is 0 Å².